The molecule has 17 heavy (non-hydrogen) atoms. The summed E-state index contributed by atoms with van der Waals surface area (Å²) in [6.07, 6.45) is 4.34. The van der Waals surface area contributed by atoms with Gasteiger partial charge in [0.2, 0.25) is 0 Å². The molecule has 4 heteroatoms. The summed E-state index contributed by atoms with van der Waals surface area (Å²) in [6.45, 7) is 2.32. The van der Waals surface area contributed by atoms with Crippen molar-refractivity contribution in [1.29, 1.82) is 0 Å². The fourth-order valence-corrected chi connectivity index (χ4v) is 2.05. The van der Waals surface area contributed by atoms with Crippen LogP contribution in [-0.2, 0) is 14.3 Å². The van der Waals surface area contributed by atoms with Crippen molar-refractivity contribution in [2.45, 2.75) is 26.2 Å². The smallest absolute Gasteiger partial charge is 0.267 e. The predicted octanol–water partition coefficient (Wildman–Crippen LogP) is 3.19. The SMILES string of the molecule is CCCCCOS(=O)(=O)C=Cc1ccccc1. The highest BCUT2D eigenvalue weighted by molar-refractivity contribution is 7.89. The van der Waals surface area contributed by atoms with Crippen LogP contribution in [0.5, 0.6) is 0 Å². The molecule has 94 valence electrons. The summed E-state index contributed by atoms with van der Waals surface area (Å²) in [7, 11) is -3.54. The standard InChI is InChI=1S/C13H18O3S/c1-2-3-7-11-16-17(14,15)12-10-13-8-5-4-6-9-13/h4-6,8-10,12H,2-3,7,11H2,1H3. The maximum absolute atomic E-state index is 11.5. The molecule has 0 fully saturated rings. The molecule has 0 saturated heterocycles. The summed E-state index contributed by atoms with van der Waals surface area (Å²) in [5, 5.41) is 1.11. The van der Waals surface area contributed by atoms with Crippen molar-refractivity contribution >= 4 is 16.2 Å². The van der Waals surface area contributed by atoms with Gasteiger partial charge in [-0.25, -0.2) is 0 Å². The summed E-state index contributed by atoms with van der Waals surface area (Å²) in [5.41, 5.74) is 0.841. The predicted molar refractivity (Wildman–Crippen MR) is 69.9 cm³/mol. The molecular weight excluding hydrogens is 236 g/mol. The van der Waals surface area contributed by atoms with E-state index in [0.717, 1.165) is 30.2 Å². The number of hydrogen-bond acceptors (Lipinski definition) is 3. The average Bonchev–Trinajstić information content (AvgIpc) is 2.34. The highest BCUT2D eigenvalue weighted by Gasteiger charge is 2.04. The van der Waals surface area contributed by atoms with E-state index in [1.165, 1.54) is 6.08 Å². The number of benzene rings is 1. The Balaban J connectivity index is 2.46. The van der Waals surface area contributed by atoms with Gasteiger partial charge < -0.3 is 0 Å². The topological polar surface area (TPSA) is 43.4 Å². The van der Waals surface area contributed by atoms with E-state index in [4.69, 9.17) is 4.18 Å². The third kappa shape index (κ3) is 6.24. The molecular formula is C13H18O3S. The molecule has 0 aromatic heterocycles. The van der Waals surface area contributed by atoms with E-state index in [0.29, 0.717) is 0 Å². The van der Waals surface area contributed by atoms with Crippen molar-refractivity contribution < 1.29 is 12.6 Å². The molecule has 0 radical (unpaired) electrons. The molecule has 0 heterocycles. The van der Waals surface area contributed by atoms with E-state index in [9.17, 15) is 8.42 Å². The zero-order valence-electron chi connectivity index (χ0n) is 10.0. The Labute approximate surface area is 103 Å². The van der Waals surface area contributed by atoms with Gasteiger partial charge >= 0.3 is 0 Å². The summed E-state index contributed by atoms with van der Waals surface area (Å²) in [5.74, 6) is 0. The summed E-state index contributed by atoms with van der Waals surface area (Å²) in [4.78, 5) is 0. The molecule has 0 aliphatic rings. The van der Waals surface area contributed by atoms with E-state index in [1.54, 1.807) is 0 Å². The van der Waals surface area contributed by atoms with Gasteiger partial charge in [0, 0.05) is 0 Å². The molecule has 1 aromatic carbocycles. The second-order valence-corrected chi connectivity index (χ2v) is 5.23. The Morgan fingerprint density at radius 1 is 1.18 bits per heavy atom. The Hall–Kier alpha value is -1.13. The number of hydrogen-bond donors (Lipinski definition) is 0. The Bertz CT molecular complexity index is 435. The van der Waals surface area contributed by atoms with Crippen molar-refractivity contribution in [3.63, 3.8) is 0 Å². The minimum atomic E-state index is -3.54. The van der Waals surface area contributed by atoms with Crippen LogP contribution in [0.15, 0.2) is 35.7 Å². The molecule has 3 nitrogen and oxygen atoms in total. The summed E-state index contributed by atoms with van der Waals surface area (Å²) in [6, 6.07) is 9.27. The van der Waals surface area contributed by atoms with Crippen LogP contribution in [0.4, 0.5) is 0 Å². The van der Waals surface area contributed by atoms with E-state index >= 15 is 0 Å². The van der Waals surface area contributed by atoms with Gasteiger partial charge in [-0.15, -0.1) is 0 Å². The molecule has 0 N–H and O–H groups in total. The van der Waals surface area contributed by atoms with Crippen LogP contribution in [0.2, 0.25) is 0 Å². The Morgan fingerprint density at radius 2 is 1.88 bits per heavy atom. The van der Waals surface area contributed by atoms with Crippen LogP contribution in [0, 0.1) is 0 Å². The number of rotatable bonds is 7. The van der Waals surface area contributed by atoms with Gasteiger partial charge in [-0.05, 0) is 18.1 Å². The fourth-order valence-electron chi connectivity index (χ4n) is 1.29. The third-order valence-electron chi connectivity index (χ3n) is 2.22. The molecule has 0 spiro atoms. The van der Waals surface area contributed by atoms with E-state index in [2.05, 4.69) is 6.92 Å². The van der Waals surface area contributed by atoms with Gasteiger partial charge in [0.1, 0.15) is 0 Å². The number of unbranched alkanes of at least 4 members (excludes halogenated alkanes) is 2. The molecule has 1 aromatic rings. The van der Waals surface area contributed by atoms with E-state index < -0.39 is 10.1 Å². The van der Waals surface area contributed by atoms with Crippen LogP contribution in [-0.4, -0.2) is 15.0 Å². The van der Waals surface area contributed by atoms with E-state index in [-0.39, 0.29) is 6.61 Å². The van der Waals surface area contributed by atoms with Crippen molar-refractivity contribution in [2.75, 3.05) is 6.61 Å². The average molecular weight is 254 g/mol. The lowest BCUT2D eigenvalue weighted by Crippen LogP contribution is -2.03. The Morgan fingerprint density at radius 3 is 2.53 bits per heavy atom. The van der Waals surface area contributed by atoms with Crippen molar-refractivity contribution in [3.8, 4) is 0 Å². The lowest BCUT2D eigenvalue weighted by molar-refractivity contribution is 0.313. The summed E-state index contributed by atoms with van der Waals surface area (Å²) >= 11 is 0. The Kier molecular flexibility index (Phi) is 5.94. The van der Waals surface area contributed by atoms with Gasteiger partial charge in [-0.2, -0.15) is 8.42 Å². The normalized spacial score (nSPS) is 12.1. The summed E-state index contributed by atoms with van der Waals surface area (Å²) < 4.78 is 27.8. The van der Waals surface area contributed by atoms with Crippen LogP contribution < -0.4 is 0 Å². The van der Waals surface area contributed by atoms with Crippen molar-refractivity contribution in [2.24, 2.45) is 0 Å². The molecule has 0 unspecified atom stereocenters. The lowest BCUT2D eigenvalue weighted by atomic mass is 10.2. The fraction of sp³-hybridized carbons (Fsp3) is 0.385. The lowest BCUT2D eigenvalue weighted by Gasteiger charge is -2.00. The van der Waals surface area contributed by atoms with Crippen LogP contribution in [0.25, 0.3) is 6.08 Å². The van der Waals surface area contributed by atoms with Crippen LogP contribution in [0.1, 0.15) is 31.7 Å². The highest BCUT2D eigenvalue weighted by Crippen LogP contribution is 2.06. The second kappa shape index (κ2) is 7.25. The third-order valence-corrected chi connectivity index (χ3v) is 3.19. The van der Waals surface area contributed by atoms with Gasteiger partial charge in [0.15, 0.2) is 0 Å². The van der Waals surface area contributed by atoms with Crippen molar-refractivity contribution in [3.05, 3.63) is 41.3 Å². The highest BCUT2D eigenvalue weighted by atomic mass is 32.2. The molecule has 1 rings (SSSR count). The van der Waals surface area contributed by atoms with E-state index in [1.807, 2.05) is 30.3 Å². The van der Waals surface area contributed by atoms with Crippen molar-refractivity contribution in [1.82, 2.24) is 0 Å². The maximum atomic E-state index is 11.5. The first kappa shape index (κ1) is 13.9. The first-order valence-corrected chi connectivity index (χ1v) is 7.24. The zero-order chi connectivity index (χ0) is 12.6. The maximum Gasteiger partial charge on any atom is 0.290 e. The van der Waals surface area contributed by atoms with Gasteiger partial charge in [0.25, 0.3) is 10.1 Å². The quantitative estimate of drug-likeness (QED) is 0.554. The van der Waals surface area contributed by atoms with Crippen LogP contribution >= 0.6 is 0 Å². The molecule has 0 saturated carbocycles. The largest absolute Gasteiger partial charge is 0.290 e. The minimum absolute atomic E-state index is 0.259. The first-order valence-electron chi connectivity index (χ1n) is 5.76. The first-order chi connectivity index (χ1) is 8.14. The van der Waals surface area contributed by atoms with Crippen LogP contribution in [0.3, 0.4) is 0 Å². The monoisotopic (exact) mass is 254 g/mol. The van der Waals surface area contributed by atoms with Gasteiger partial charge in [-0.3, -0.25) is 4.18 Å². The molecule has 0 aliphatic heterocycles. The molecule has 0 amide bonds. The minimum Gasteiger partial charge on any atom is -0.267 e. The molecule has 0 bridgehead atoms. The van der Waals surface area contributed by atoms with Gasteiger partial charge in [-0.1, -0.05) is 50.1 Å². The second-order valence-electron chi connectivity index (χ2n) is 3.74. The zero-order valence-corrected chi connectivity index (χ0v) is 10.8. The molecule has 0 atom stereocenters. The van der Waals surface area contributed by atoms with Gasteiger partial charge in [0.05, 0.1) is 12.0 Å². The molecule has 0 aliphatic carbocycles.